The molecule has 0 saturated heterocycles. The second-order valence-electron chi connectivity index (χ2n) is 23.1. The number of rotatable bonds is 63. The highest BCUT2D eigenvalue weighted by Gasteiger charge is 2.19. The highest BCUT2D eigenvalue weighted by Crippen LogP contribution is 2.18. The van der Waals surface area contributed by atoms with Crippen LogP contribution in [0.1, 0.15) is 367 Å². The maximum Gasteiger partial charge on any atom is 0.306 e. The van der Waals surface area contributed by atoms with Crippen molar-refractivity contribution in [2.45, 2.75) is 374 Å². The molecule has 0 amide bonds. The van der Waals surface area contributed by atoms with Crippen LogP contribution in [-0.4, -0.2) is 37.2 Å². The Morgan fingerprint density at radius 2 is 0.506 bits per heavy atom. The van der Waals surface area contributed by atoms with Gasteiger partial charge in [-0.2, -0.15) is 0 Å². The largest absolute Gasteiger partial charge is 0.462 e. The third-order valence-corrected chi connectivity index (χ3v) is 15.3. The van der Waals surface area contributed by atoms with Crippen LogP contribution in [0, 0.1) is 0 Å². The minimum atomic E-state index is -0.784. The van der Waals surface area contributed by atoms with Gasteiger partial charge in [0.1, 0.15) is 13.2 Å². The number of carbonyl (C=O) groups excluding carboxylic acids is 3. The van der Waals surface area contributed by atoms with Gasteiger partial charge in [0, 0.05) is 19.3 Å². The summed E-state index contributed by atoms with van der Waals surface area (Å²) < 4.78 is 16.9. The van der Waals surface area contributed by atoms with Gasteiger partial charge < -0.3 is 14.2 Å². The lowest BCUT2D eigenvalue weighted by atomic mass is 10.0. The van der Waals surface area contributed by atoms with Gasteiger partial charge in [-0.1, -0.05) is 339 Å². The van der Waals surface area contributed by atoms with Crippen LogP contribution in [0.4, 0.5) is 0 Å². The first-order valence-corrected chi connectivity index (χ1v) is 34.1. The van der Waals surface area contributed by atoms with Gasteiger partial charge in [-0.15, -0.1) is 0 Å². The van der Waals surface area contributed by atoms with Gasteiger partial charge in [0.15, 0.2) is 6.10 Å². The molecule has 0 spiro atoms. The Morgan fingerprint density at radius 1 is 0.273 bits per heavy atom. The first-order chi connectivity index (χ1) is 38.0. The fraction of sp³-hybridized carbons (Fsp3) is 0.845. The lowest BCUT2D eigenvalue weighted by Gasteiger charge is -2.18. The van der Waals surface area contributed by atoms with E-state index >= 15 is 0 Å². The zero-order valence-electron chi connectivity index (χ0n) is 51.7. The average molecular weight is 1080 g/mol. The van der Waals surface area contributed by atoms with Gasteiger partial charge >= 0.3 is 17.9 Å². The zero-order valence-corrected chi connectivity index (χ0v) is 51.7. The SMILES string of the molecule is CC/C=C\C/C=C\C/C=C\C/C=C\CCCCCCC(=O)OC(COC(=O)CCCCCCCCCCCCCCCCC)COC(=O)CCCCCCCCCCCCCCCCCCCCCCCCCCCCC. The van der Waals surface area contributed by atoms with Crippen LogP contribution < -0.4 is 0 Å². The molecule has 6 heteroatoms. The van der Waals surface area contributed by atoms with Crippen molar-refractivity contribution in [3.05, 3.63) is 48.6 Å². The first kappa shape index (κ1) is 74.4. The Bertz CT molecular complexity index is 1330. The lowest BCUT2D eigenvalue weighted by Crippen LogP contribution is -2.30. The third kappa shape index (κ3) is 64.1. The number of unbranched alkanes of at least 4 members (excludes halogenated alkanes) is 44. The molecule has 0 radical (unpaired) electrons. The highest BCUT2D eigenvalue weighted by molar-refractivity contribution is 5.71. The van der Waals surface area contributed by atoms with E-state index in [0.29, 0.717) is 19.3 Å². The highest BCUT2D eigenvalue weighted by atomic mass is 16.6. The van der Waals surface area contributed by atoms with Crippen LogP contribution in [0.25, 0.3) is 0 Å². The number of hydrogen-bond acceptors (Lipinski definition) is 6. The summed E-state index contributed by atoms with van der Waals surface area (Å²) in [6, 6.07) is 0. The molecule has 0 fully saturated rings. The third-order valence-electron chi connectivity index (χ3n) is 15.3. The van der Waals surface area contributed by atoms with Gasteiger partial charge in [0.05, 0.1) is 0 Å². The van der Waals surface area contributed by atoms with Crippen molar-refractivity contribution in [3.63, 3.8) is 0 Å². The summed E-state index contributed by atoms with van der Waals surface area (Å²) in [6.45, 7) is 6.57. The first-order valence-electron chi connectivity index (χ1n) is 34.1. The molecule has 0 saturated carbocycles. The Hall–Kier alpha value is -2.63. The molecule has 450 valence electrons. The lowest BCUT2D eigenvalue weighted by molar-refractivity contribution is -0.167. The summed E-state index contributed by atoms with van der Waals surface area (Å²) in [4.78, 5) is 38.4. The van der Waals surface area contributed by atoms with Crippen LogP contribution in [0.15, 0.2) is 48.6 Å². The number of carbonyl (C=O) groups is 3. The summed E-state index contributed by atoms with van der Waals surface area (Å²) in [7, 11) is 0. The molecule has 0 N–H and O–H groups in total. The average Bonchev–Trinajstić information content (AvgIpc) is 3.43. The molecule has 0 aromatic rings. The Labute approximate surface area is 479 Å². The summed E-state index contributed by atoms with van der Waals surface area (Å²) >= 11 is 0. The van der Waals surface area contributed by atoms with E-state index in [1.54, 1.807) is 0 Å². The van der Waals surface area contributed by atoms with E-state index in [1.165, 1.54) is 231 Å². The number of esters is 3. The van der Waals surface area contributed by atoms with Crippen molar-refractivity contribution < 1.29 is 28.6 Å². The van der Waals surface area contributed by atoms with Gasteiger partial charge in [-0.25, -0.2) is 0 Å². The fourth-order valence-electron chi connectivity index (χ4n) is 10.3. The van der Waals surface area contributed by atoms with Crippen LogP contribution in [0.2, 0.25) is 0 Å². The molecule has 0 aliphatic rings. The predicted molar refractivity (Wildman–Crippen MR) is 335 cm³/mol. The van der Waals surface area contributed by atoms with Crippen LogP contribution in [0.3, 0.4) is 0 Å². The molecular formula is C71H130O6. The monoisotopic (exact) mass is 1080 g/mol. The van der Waals surface area contributed by atoms with E-state index < -0.39 is 6.10 Å². The Morgan fingerprint density at radius 3 is 0.792 bits per heavy atom. The maximum absolute atomic E-state index is 12.9. The summed E-state index contributed by atoms with van der Waals surface area (Å²) in [5, 5.41) is 0. The standard InChI is InChI=1S/C71H130O6/c1-4-7-10-13-16-19-22-25-28-30-31-32-33-34-35-36-37-38-39-41-43-46-49-52-55-58-61-64-70(73)76-67-68(66-75-69(72)63-60-57-54-51-48-45-42-27-24-21-18-15-12-9-6-3)77-71(74)65-62-59-56-53-50-47-44-40-29-26-23-20-17-14-11-8-5-2/h8,11,17,20,26,29,44,47,68H,4-7,9-10,12-16,18-19,21-25,27-28,30-43,45-46,48-67H2,1-3H3/b11-8-,20-17-,29-26-,47-44-. The molecule has 0 aromatic heterocycles. The fourth-order valence-corrected chi connectivity index (χ4v) is 10.3. The molecule has 0 rings (SSSR count). The van der Waals surface area contributed by atoms with Crippen molar-refractivity contribution in [2.75, 3.05) is 13.2 Å². The van der Waals surface area contributed by atoms with Crippen LogP contribution in [-0.2, 0) is 28.6 Å². The molecule has 77 heavy (non-hydrogen) atoms. The molecule has 1 atom stereocenters. The van der Waals surface area contributed by atoms with Crippen LogP contribution >= 0.6 is 0 Å². The summed E-state index contributed by atoms with van der Waals surface area (Å²) in [5.41, 5.74) is 0. The van der Waals surface area contributed by atoms with E-state index in [-0.39, 0.29) is 31.1 Å². The van der Waals surface area contributed by atoms with E-state index in [0.717, 1.165) is 96.3 Å². The predicted octanol–water partition coefficient (Wildman–Crippen LogP) is 23.3. The van der Waals surface area contributed by atoms with E-state index in [1.807, 2.05) is 0 Å². The minimum Gasteiger partial charge on any atom is -0.462 e. The van der Waals surface area contributed by atoms with Gasteiger partial charge in [-0.05, 0) is 57.8 Å². The quantitative estimate of drug-likeness (QED) is 0.0261. The molecule has 0 aromatic carbocycles. The van der Waals surface area contributed by atoms with Crippen molar-refractivity contribution in [2.24, 2.45) is 0 Å². The van der Waals surface area contributed by atoms with Gasteiger partial charge in [0.25, 0.3) is 0 Å². The van der Waals surface area contributed by atoms with E-state index in [2.05, 4.69) is 69.4 Å². The van der Waals surface area contributed by atoms with Crippen molar-refractivity contribution in [1.29, 1.82) is 0 Å². The topological polar surface area (TPSA) is 78.9 Å². The second-order valence-corrected chi connectivity index (χ2v) is 23.1. The van der Waals surface area contributed by atoms with Crippen molar-refractivity contribution in [3.8, 4) is 0 Å². The molecule has 0 aliphatic carbocycles. The van der Waals surface area contributed by atoms with E-state index in [9.17, 15) is 14.4 Å². The Balaban J connectivity index is 4.24. The normalized spacial score (nSPS) is 12.3. The summed E-state index contributed by atoms with van der Waals surface area (Å²) in [5.74, 6) is -0.877. The zero-order chi connectivity index (χ0) is 55.7. The molecule has 1 unspecified atom stereocenters. The molecule has 0 bridgehead atoms. The van der Waals surface area contributed by atoms with Gasteiger partial charge in [0.2, 0.25) is 0 Å². The number of ether oxygens (including phenoxy) is 3. The molecule has 0 aliphatic heterocycles. The summed E-state index contributed by atoms with van der Waals surface area (Å²) in [6.07, 6.45) is 82.8. The minimum absolute atomic E-state index is 0.0782. The molecule has 0 heterocycles. The number of allylic oxidation sites excluding steroid dienone is 8. The van der Waals surface area contributed by atoms with Crippen LogP contribution in [0.5, 0.6) is 0 Å². The van der Waals surface area contributed by atoms with Gasteiger partial charge in [-0.3, -0.25) is 14.4 Å². The Kier molecular flexibility index (Phi) is 63.6. The maximum atomic E-state index is 12.9. The molecule has 6 nitrogen and oxygen atoms in total. The van der Waals surface area contributed by atoms with Crippen molar-refractivity contribution >= 4 is 17.9 Å². The van der Waals surface area contributed by atoms with Crippen molar-refractivity contribution in [1.82, 2.24) is 0 Å². The smallest absolute Gasteiger partial charge is 0.306 e. The molecular weight excluding hydrogens is 949 g/mol. The van der Waals surface area contributed by atoms with E-state index in [4.69, 9.17) is 14.2 Å². The second kappa shape index (κ2) is 65.9. The number of hydrogen-bond donors (Lipinski definition) is 0.